The number of unbranched alkanes of at least 4 members (excludes halogenated alkanes) is 2. The standard InChI is InChI=1S/C33H35F3N4O2S/c1-5-7-17-40(18-8-6-2)25-11-9-23(29(41)19-25)10-12-26-13-14-27(43-26)15-16-31(3)28(22-39)30(24(20-37)21-38)42-32(31,4)33(34,35)36/h9-16,19,28,41H,5-8,17-18H2,1-4H3/b12-10+,16-15+. The van der Waals surface area contributed by atoms with Gasteiger partial charge in [-0.3, -0.25) is 0 Å². The Kier molecular flexibility index (Phi) is 10.7. The van der Waals surface area contributed by atoms with Crippen LogP contribution < -0.4 is 4.90 Å². The van der Waals surface area contributed by atoms with Gasteiger partial charge in [0.1, 0.15) is 29.6 Å². The number of phenolic OH excluding ortho intramolecular Hbond substituents is 1. The molecule has 10 heteroatoms. The summed E-state index contributed by atoms with van der Waals surface area (Å²) >= 11 is 1.31. The maximum absolute atomic E-state index is 14.3. The van der Waals surface area contributed by atoms with Crippen molar-refractivity contribution in [2.75, 3.05) is 18.0 Å². The number of phenols is 1. The molecule has 2 heterocycles. The van der Waals surface area contributed by atoms with Crippen molar-refractivity contribution in [3.8, 4) is 24.0 Å². The van der Waals surface area contributed by atoms with E-state index in [-0.39, 0.29) is 5.75 Å². The highest BCUT2D eigenvalue weighted by Gasteiger charge is 2.71. The van der Waals surface area contributed by atoms with Gasteiger partial charge in [-0.15, -0.1) is 11.3 Å². The van der Waals surface area contributed by atoms with Crippen LogP contribution in [0.25, 0.3) is 18.2 Å². The number of hydrogen-bond donors (Lipinski definition) is 1. The van der Waals surface area contributed by atoms with E-state index in [1.807, 2.05) is 24.3 Å². The van der Waals surface area contributed by atoms with E-state index in [0.29, 0.717) is 10.4 Å². The number of ether oxygens (including phenoxy) is 1. The second-order valence-corrected chi connectivity index (χ2v) is 11.9. The van der Waals surface area contributed by atoms with Crippen LogP contribution in [-0.4, -0.2) is 30.0 Å². The predicted molar refractivity (Wildman–Crippen MR) is 163 cm³/mol. The Bertz CT molecular complexity index is 1500. The number of halogens is 3. The minimum Gasteiger partial charge on any atom is -0.507 e. The molecule has 1 saturated heterocycles. The molecule has 3 unspecified atom stereocenters. The van der Waals surface area contributed by atoms with Gasteiger partial charge in [0.25, 0.3) is 0 Å². The Morgan fingerprint density at radius 3 is 2.12 bits per heavy atom. The van der Waals surface area contributed by atoms with E-state index in [1.54, 1.807) is 36.4 Å². The van der Waals surface area contributed by atoms with Crippen LogP contribution >= 0.6 is 11.3 Å². The van der Waals surface area contributed by atoms with Crippen molar-refractivity contribution < 1.29 is 23.0 Å². The molecule has 0 radical (unpaired) electrons. The number of aromatic hydroxyl groups is 1. The lowest BCUT2D eigenvalue weighted by Crippen LogP contribution is -2.53. The average Bonchev–Trinajstić information content (AvgIpc) is 3.52. The average molecular weight is 609 g/mol. The first-order valence-electron chi connectivity index (χ1n) is 14.1. The normalized spacial score (nSPS) is 21.9. The van der Waals surface area contributed by atoms with Crippen molar-refractivity contribution in [3.05, 3.63) is 63.1 Å². The van der Waals surface area contributed by atoms with Gasteiger partial charge in [-0.25, -0.2) is 0 Å². The molecule has 3 rings (SSSR count). The fraction of sp³-hybridized carbons (Fsp3) is 0.424. The fourth-order valence-electron chi connectivity index (χ4n) is 4.99. The van der Waals surface area contributed by atoms with Gasteiger partial charge >= 0.3 is 6.18 Å². The Morgan fingerprint density at radius 2 is 1.60 bits per heavy atom. The number of nitrogens with zero attached hydrogens (tertiary/aromatic N) is 4. The number of allylic oxidation sites excluding steroid dienone is 2. The number of anilines is 1. The highest BCUT2D eigenvalue weighted by molar-refractivity contribution is 7.13. The van der Waals surface area contributed by atoms with Crippen LogP contribution in [0.5, 0.6) is 5.75 Å². The third-order valence-electron chi connectivity index (χ3n) is 7.95. The first-order valence-corrected chi connectivity index (χ1v) is 15.0. The molecule has 0 spiro atoms. The van der Waals surface area contributed by atoms with Crippen molar-refractivity contribution >= 4 is 35.3 Å². The van der Waals surface area contributed by atoms with Crippen LogP contribution in [0, 0.1) is 45.3 Å². The molecular weight excluding hydrogens is 573 g/mol. The van der Waals surface area contributed by atoms with Gasteiger partial charge in [0, 0.05) is 40.2 Å². The lowest BCUT2D eigenvalue weighted by Gasteiger charge is -2.38. The van der Waals surface area contributed by atoms with Crippen molar-refractivity contribution in [2.24, 2.45) is 11.3 Å². The quantitative estimate of drug-likeness (QED) is 0.256. The molecule has 0 bridgehead atoms. The lowest BCUT2D eigenvalue weighted by molar-refractivity contribution is -0.271. The highest BCUT2D eigenvalue weighted by Crippen LogP contribution is 2.60. The van der Waals surface area contributed by atoms with E-state index in [0.717, 1.165) is 56.3 Å². The maximum Gasteiger partial charge on any atom is 0.428 e. The molecule has 0 amide bonds. The van der Waals surface area contributed by atoms with Crippen molar-refractivity contribution in [3.63, 3.8) is 0 Å². The summed E-state index contributed by atoms with van der Waals surface area (Å²) in [6.07, 6.45) is 5.77. The summed E-state index contributed by atoms with van der Waals surface area (Å²) in [6, 6.07) is 14.1. The summed E-state index contributed by atoms with van der Waals surface area (Å²) in [7, 11) is 0. The van der Waals surface area contributed by atoms with Crippen LogP contribution in [-0.2, 0) is 4.74 Å². The van der Waals surface area contributed by atoms with Gasteiger partial charge < -0.3 is 14.7 Å². The number of nitriles is 3. The number of rotatable bonds is 11. The van der Waals surface area contributed by atoms with E-state index in [1.165, 1.54) is 30.4 Å². The predicted octanol–water partition coefficient (Wildman–Crippen LogP) is 8.84. The molecule has 1 aliphatic heterocycles. The van der Waals surface area contributed by atoms with E-state index in [2.05, 4.69) is 18.7 Å². The van der Waals surface area contributed by atoms with Gasteiger partial charge in [0.15, 0.2) is 5.57 Å². The van der Waals surface area contributed by atoms with E-state index in [4.69, 9.17) is 4.74 Å². The molecule has 1 aromatic carbocycles. The van der Waals surface area contributed by atoms with E-state index < -0.39 is 34.4 Å². The van der Waals surface area contributed by atoms with Gasteiger partial charge in [-0.05, 0) is 62.3 Å². The third kappa shape index (κ3) is 6.90. The molecule has 2 aromatic rings. The van der Waals surface area contributed by atoms with Crippen LogP contribution in [0.1, 0.15) is 68.7 Å². The first-order chi connectivity index (χ1) is 20.4. The summed E-state index contributed by atoms with van der Waals surface area (Å²) in [4.78, 5) is 3.72. The second-order valence-electron chi connectivity index (χ2n) is 10.8. The zero-order chi connectivity index (χ0) is 31.8. The number of thiophene rings is 1. The molecule has 1 fully saturated rings. The minimum absolute atomic E-state index is 0.157. The van der Waals surface area contributed by atoms with Gasteiger partial charge in [-0.1, -0.05) is 39.7 Å². The fourth-order valence-corrected chi connectivity index (χ4v) is 5.81. The topological polar surface area (TPSA) is 104 Å². The SMILES string of the molecule is CCCCN(CCCC)c1ccc(/C=C/c2ccc(/C=C/C3(C)C(C#N)C(=C(C#N)C#N)OC3(C)C(F)(F)F)s2)c(O)c1. The van der Waals surface area contributed by atoms with Crippen molar-refractivity contribution in [1.82, 2.24) is 0 Å². The highest BCUT2D eigenvalue weighted by atomic mass is 32.1. The maximum atomic E-state index is 14.3. The monoisotopic (exact) mass is 608 g/mol. The number of hydrogen-bond acceptors (Lipinski definition) is 7. The molecule has 43 heavy (non-hydrogen) atoms. The van der Waals surface area contributed by atoms with Crippen molar-refractivity contribution in [1.29, 1.82) is 15.8 Å². The second kappa shape index (κ2) is 13.8. The third-order valence-corrected chi connectivity index (χ3v) is 8.97. The van der Waals surface area contributed by atoms with Gasteiger partial charge in [0.2, 0.25) is 5.60 Å². The van der Waals surface area contributed by atoms with Gasteiger partial charge in [0.05, 0.1) is 11.5 Å². The molecule has 0 saturated carbocycles. The number of alkyl halides is 3. The minimum atomic E-state index is -4.90. The largest absolute Gasteiger partial charge is 0.507 e. The van der Waals surface area contributed by atoms with Crippen molar-refractivity contribution in [2.45, 2.75) is 65.2 Å². The zero-order valence-corrected chi connectivity index (χ0v) is 25.5. The molecule has 0 aliphatic carbocycles. The Morgan fingerprint density at radius 1 is 1.00 bits per heavy atom. The summed E-state index contributed by atoms with van der Waals surface area (Å²) in [5, 5.41) is 39.1. The summed E-state index contributed by atoms with van der Waals surface area (Å²) < 4.78 is 48.2. The summed E-state index contributed by atoms with van der Waals surface area (Å²) in [5.74, 6) is -1.92. The van der Waals surface area contributed by atoms with Crippen LogP contribution in [0.4, 0.5) is 18.9 Å². The molecule has 3 atom stereocenters. The Hall–Kier alpha value is -4.20. The molecule has 1 aromatic heterocycles. The Labute approximate surface area is 255 Å². The van der Waals surface area contributed by atoms with Crippen LogP contribution in [0.2, 0.25) is 0 Å². The zero-order valence-electron chi connectivity index (χ0n) is 24.7. The lowest BCUT2D eigenvalue weighted by atomic mass is 9.67. The van der Waals surface area contributed by atoms with Gasteiger partial charge in [-0.2, -0.15) is 29.0 Å². The first kappa shape index (κ1) is 33.3. The summed E-state index contributed by atoms with van der Waals surface area (Å²) in [6.45, 7) is 8.22. The molecule has 226 valence electrons. The molecule has 1 aliphatic rings. The summed E-state index contributed by atoms with van der Waals surface area (Å²) in [5.41, 5.74) is -3.82. The smallest absolute Gasteiger partial charge is 0.428 e. The molecule has 1 N–H and O–H groups in total. The Balaban J connectivity index is 1.87. The number of benzene rings is 1. The van der Waals surface area contributed by atoms with Crippen LogP contribution in [0.3, 0.4) is 0 Å². The van der Waals surface area contributed by atoms with E-state index >= 15 is 0 Å². The van der Waals surface area contributed by atoms with Crippen LogP contribution in [0.15, 0.2) is 47.7 Å². The van der Waals surface area contributed by atoms with E-state index in [9.17, 15) is 34.1 Å². The molecular formula is C33H35F3N4O2S. The molecule has 6 nitrogen and oxygen atoms in total.